The number of nitrogens with one attached hydrogen (secondary N) is 1. The van der Waals surface area contributed by atoms with Crippen molar-refractivity contribution in [2.45, 2.75) is 32.7 Å². The van der Waals surface area contributed by atoms with Crippen LogP contribution in [0.4, 0.5) is 24.8 Å². The summed E-state index contributed by atoms with van der Waals surface area (Å²) in [5.41, 5.74) is 6.32. The zero-order chi connectivity index (χ0) is 21.1. The second kappa shape index (κ2) is 8.68. The zero-order valence-corrected chi connectivity index (χ0v) is 16.5. The maximum absolute atomic E-state index is 14.5. The first-order valence-electron chi connectivity index (χ1n) is 8.78. The normalized spacial score (nSPS) is 11.6. The third-order valence-electron chi connectivity index (χ3n) is 4.03. The maximum atomic E-state index is 14.5. The van der Waals surface area contributed by atoms with Crippen LogP contribution in [0, 0.1) is 5.82 Å². The van der Waals surface area contributed by atoms with E-state index in [-0.39, 0.29) is 41.1 Å². The Morgan fingerprint density at radius 2 is 2.03 bits per heavy atom. The molecule has 3 aromatic rings. The Hall–Kier alpha value is -2.82. The molecule has 0 unspecified atom stereocenters. The van der Waals surface area contributed by atoms with E-state index < -0.39 is 17.8 Å². The van der Waals surface area contributed by atoms with Crippen molar-refractivity contribution in [1.29, 1.82) is 0 Å². The molecule has 2 aromatic heterocycles. The predicted molar refractivity (Wildman–Crippen MR) is 108 cm³/mol. The molecule has 3 rings (SSSR count). The molecule has 7 nitrogen and oxygen atoms in total. The van der Waals surface area contributed by atoms with Crippen LogP contribution in [0.5, 0.6) is 0 Å². The highest BCUT2D eigenvalue weighted by Crippen LogP contribution is 2.25. The zero-order valence-electron chi connectivity index (χ0n) is 15.7. The molecular weight excluding hydrogens is 405 g/mol. The summed E-state index contributed by atoms with van der Waals surface area (Å²) in [5, 5.41) is 0. The summed E-state index contributed by atoms with van der Waals surface area (Å²) in [6, 6.07) is 3.91. The molecule has 0 fully saturated rings. The highest BCUT2D eigenvalue weighted by molar-refractivity contribution is 8.00. The minimum atomic E-state index is -2.40. The van der Waals surface area contributed by atoms with Crippen LogP contribution in [0.15, 0.2) is 29.2 Å². The molecule has 0 radical (unpaired) electrons. The monoisotopic (exact) mass is 424 g/mol. The van der Waals surface area contributed by atoms with Crippen molar-refractivity contribution in [3.63, 3.8) is 0 Å². The SMILES string of the molecule is CC(C)n1c(=O)c(-c2ccc(NSCCC(F)F)c(F)c2)nc2cnc(N)nc21. The van der Waals surface area contributed by atoms with E-state index in [4.69, 9.17) is 5.73 Å². The molecule has 11 heteroatoms. The largest absolute Gasteiger partial charge is 0.368 e. The predicted octanol–water partition coefficient (Wildman–Crippen LogP) is 3.87. The Kier molecular flexibility index (Phi) is 6.26. The van der Waals surface area contributed by atoms with E-state index in [1.165, 1.54) is 29.0 Å². The summed E-state index contributed by atoms with van der Waals surface area (Å²) in [6.07, 6.45) is -1.29. The van der Waals surface area contributed by atoms with Gasteiger partial charge in [-0.25, -0.2) is 23.1 Å². The van der Waals surface area contributed by atoms with Crippen molar-refractivity contribution >= 4 is 34.7 Å². The van der Waals surface area contributed by atoms with Gasteiger partial charge in [0.15, 0.2) is 5.65 Å². The summed E-state index contributed by atoms with van der Waals surface area (Å²) >= 11 is 0.983. The van der Waals surface area contributed by atoms with E-state index in [0.29, 0.717) is 11.2 Å². The quantitative estimate of drug-likeness (QED) is 0.439. The third kappa shape index (κ3) is 4.61. The van der Waals surface area contributed by atoms with Crippen molar-refractivity contribution in [2.24, 2.45) is 0 Å². The van der Waals surface area contributed by atoms with Gasteiger partial charge in [0, 0.05) is 23.8 Å². The molecule has 2 heterocycles. The van der Waals surface area contributed by atoms with Gasteiger partial charge in [0.05, 0.1) is 11.9 Å². The number of nitrogens with two attached hydrogens (primary N) is 1. The van der Waals surface area contributed by atoms with Gasteiger partial charge < -0.3 is 10.5 Å². The molecule has 3 N–H and O–H groups in total. The molecule has 0 aliphatic rings. The van der Waals surface area contributed by atoms with Crippen molar-refractivity contribution in [2.75, 3.05) is 16.2 Å². The maximum Gasteiger partial charge on any atom is 0.278 e. The average Bonchev–Trinajstić information content (AvgIpc) is 2.65. The molecule has 0 bridgehead atoms. The Labute approximate surface area is 168 Å². The van der Waals surface area contributed by atoms with Crippen LogP contribution in [-0.2, 0) is 0 Å². The van der Waals surface area contributed by atoms with Gasteiger partial charge in [-0.3, -0.25) is 9.36 Å². The van der Waals surface area contributed by atoms with Crippen molar-refractivity contribution in [3.8, 4) is 11.3 Å². The summed E-state index contributed by atoms with van der Waals surface area (Å²) in [5.74, 6) is -0.475. The number of rotatable bonds is 7. The van der Waals surface area contributed by atoms with Crippen LogP contribution in [0.3, 0.4) is 0 Å². The minimum Gasteiger partial charge on any atom is -0.368 e. The van der Waals surface area contributed by atoms with Gasteiger partial charge in [0.1, 0.15) is 17.0 Å². The van der Waals surface area contributed by atoms with Gasteiger partial charge in [0.2, 0.25) is 12.4 Å². The molecule has 0 saturated heterocycles. The molecule has 0 aliphatic carbocycles. The summed E-state index contributed by atoms with van der Waals surface area (Å²) in [4.78, 5) is 25.3. The number of nitrogens with zero attached hydrogens (tertiary/aromatic N) is 4. The van der Waals surface area contributed by atoms with Crippen LogP contribution in [0.2, 0.25) is 0 Å². The third-order valence-corrected chi connectivity index (χ3v) is 4.83. The molecule has 154 valence electrons. The second-order valence-electron chi connectivity index (χ2n) is 6.49. The number of anilines is 2. The van der Waals surface area contributed by atoms with Gasteiger partial charge in [-0.2, -0.15) is 4.98 Å². The number of hydrogen-bond acceptors (Lipinski definition) is 7. The molecule has 29 heavy (non-hydrogen) atoms. The van der Waals surface area contributed by atoms with E-state index in [1.54, 1.807) is 0 Å². The van der Waals surface area contributed by atoms with Gasteiger partial charge in [-0.15, -0.1) is 0 Å². The lowest BCUT2D eigenvalue weighted by Crippen LogP contribution is -2.26. The topological polar surface area (TPSA) is 98.7 Å². The molecular formula is C18H19F3N6OS. The Balaban J connectivity index is 1.98. The number of nitrogen functional groups attached to an aromatic ring is 1. The smallest absolute Gasteiger partial charge is 0.278 e. The number of aromatic nitrogens is 4. The summed E-state index contributed by atoms with van der Waals surface area (Å²) < 4.78 is 42.9. The first-order chi connectivity index (χ1) is 13.8. The second-order valence-corrected chi connectivity index (χ2v) is 7.39. The highest BCUT2D eigenvalue weighted by atomic mass is 32.2. The fourth-order valence-corrected chi connectivity index (χ4v) is 3.42. The van der Waals surface area contributed by atoms with Gasteiger partial charge in [-0.05, 0) is 26.0 Å². The lowest BCUT2D eigenvalue weighted by Gasteiger charge is -2.15. The van der Waals surface area contributed by atoms with Gasteiger partial charge >= 0.3 is 0 Å². The average molecular weight is 424 g/mol. The van der Waals surface area contributed by atoms with Crippen LogP contribution in [0.25, 0.3) is 22.4 Å². The molecule has 0 amide bonds. The lowest BCUT2D eigenvalue weighted by atomic mass is 10.1. The highest BCUT2D eigenvalue weighted by Gasteiger charge is 2.17. The summed E-state index contributed by atoms with van der Waals surface area (Å²) in [7, 11) is 0. The molecule has 1 aromatic carbocycles. The van der Waals surface area contributed by atoms with Gasteiger partial charge in [0.25, 0.3) is 5.56 Å². The van der Waals surface area contributed by atoms with Crippen molar-refractivity contribution < 1.29 is 13.2 Å². The van der Waals surface area contributed by atoms with Crippen LogP contribution in [0.1, 0.15) is 26.3 Å². The van der Waals surface area contributed by atoms with E-state index in [9.17, 15) is 18.0 Å². The molecule has 0 aliphatic heterocycles. The van der Waals surface area contributed by atoms with Crippen LogP contribution in [-0.4, -0.2) is 31.7 Å². The standard InChI is InChI=1S/C18H19F3N6OS/c1-9(2)27-16-13(8-23-18(22)25-16)24-15(17(27)28)10-3-4-12(11(19)7-10)26-29-6-5-14(20)21/h3-4,7-9,14,26H,5-6H2,1-2H3,(H2,22,23,25). The number of fused-ring (bicyclic) bond motifs is 1. The fourth-order valence-electron chi connectivity index (χ4n) is 2.70. The van der Waals surface area contributed by atoms with E-state index in [1.807, 2.05) is 13.8 Å². The fraction of sp³-hybridized carbons (Fsp3) is 0.333. The number of halogens is 3. The first-order valence-corrected chi connectivity index (χ1v) is 9.77. The number of benzene rings is 1. The molecule has 0 spiro atoms. The van der Waals surface area contributed by atoms with Crippen molar-refractivity contribution in [1.82, 2.24) is 19.5 Å². The summed E-state index contributed by atoms with van der Waals surface area (Å²) in [6.45, 7) is 3.63. The van der Waals surface area contributed by atoms with Crippen molar-refractivity contribution in [3.05, 3.63) is 40.6 Å². The van der Waals surface area contributed by atoms with Crippen LogP contribution < -0.4 is 16.0 Å². The first kappa shape index (κ1) is 20.9. The Morgan fingerprint density at radius 3 is 2.69 bits per heavy atom. The Bertz CT molecular complexity index is 1090. The van der Waals surface area contributed by atoms with E-state index in [2.05, 4.69) is 19.7 Å². The number of hydrogen-bond donors (Lipinski definition) is 2. The molecule has 0 saturated carbocycles. The van der Waals surface area contributed by atoms with Gasteiger partial charge in [-0.1, -0.05) is 18.0 Å². The van der Waals surface area contributed by atoms with E-state index in [0.717, 1.165) is 11.9 Å². The Morgan fingerprint density at radius 1 is 1.28 bits per heavy atom. The van der Waals surface area contributed by atoms with E-state index >= 15 is 0 Å². The lowest BCUT2D eigenvalue weighted by molar-refractivity contribution is 0.145. The molecule has 0 atom stereocenters. The van der Waals surface area contributed by atoms with Crippen LogP contribution >= 0.6 is 11.9 Å². The minimum absolute atomic E-state index is 0.0201. The number of alkyl halides is 2.